The van der Waals surface area contributed by atoms with Crippen LogP contribution in [0.4, 0.5) is 4.79 Å². The number of benzene rings is 4. The SMILES string of the molecule is O=C(O)N1CCC(c2ccc(OCCCOc3ccccc3)cc2)C(OCc2ccc3ccccc3c2)C1. The third-order valence-electron chi connectivity index (χ3n) is 6.99. The quantitative estimate of drug-likeness (QED) is 0.239. The molecule has 6 nitrogen and oxygen atoms in total. The molecule has 38 heavy (non-hydrogen) atoms. The van der Waals surface area contributed by atoms with Gasteiger partial charge < -0.3 is 24.2 Å². The minimum atomic E-state index is -0.900. The second kappa shape index (κ2) is 12.5. The second-order valence-electron chi connectivity index (χ2n) is 9.59. The average Bonchev–Trinajstić information content (AvgIpc) is 2.96. The molecule has 1 aliphatic heterocycles. The van der Waals surface area contributed by atoms with Crippen molar-refractivity contribution in [1.29, 1.82) is 0 Å². The standard InChI is InChI=1S/C32H33NO5/c34-32(35)33-18-17-30(31(22-33)38-23-24-11-12-25-7-4-5-8-27(25)21-24)26-13-15-29(16-14-26)37-20-6-19-36-28-9-2-1-3-10-28/h1-5,7-16,21,30-31H,6,17-20,22-23H2,(H,34,35). The lowest BCUT2D eigenvalue weighted by atomic mass is 9.87. The van der Waals surface area contributed by atoms with Crippen molar-refractivity contribution in [3.8, 4) is 11.5 Å². The Labute approximate surface area is 223 Å². The highest BCUT2D eigenvalue weighted by Crippen LogP contribution is 2.32. The van der Waals surface area contributed by atoms with Crippen molar-refractivity contribution in [2.45, 2.75) is 31.5 Å². The molecule has 0 radical (unpaired) electrons. The van der Waals surface area contributed by atoms with Gasteiger partial charge in [-0.25, -0.2) is 4.79 Å². The normalized spacial score (nSPS) is 17.3. The van der Waals surface area contributed by atoms with Gasteiger partial charge in [0.05, 0.1) is 32.5 Å². The van der Waals surface area contributed by atoms with Crippen molar-refractivity contribution in [3.63, 3.8) is 0 Å². The Morgan fingerprint density at radius 2 is 1.50 bits per heavy atom. The first-order valence-corrected chi connectivity index (χ1v) is 13.1. The number of amides is 1. The Bertz CT molecular complexity index is 1320. The van der Waals surface area contributed by atoms with E-state index in [0.717, 1.165) is 29.0 Å². The summed E-state index contributed by atoms with van der Waals surface area (Å²) in [4.78, 5) is 13.1. The van der Waals surface area contributed by atoms with Crippen molar-refractivity contribution in [2.24, 2.45) is 0 Å². The van der Waals surface area contributed by atoms with Gasteiger partial charge in [-0.1, -0.05) is 66.7 Å². The molecule has 2 unspecified atom stereocenters. The summed E-state index contributed by atoms with van der Waals surface area (Å²) in [5, 5.41) is 11.9. The molecule has 0 spiro atoms. The second-order valence-corrected chi connectivity index (χ2v) is 9.59. The Kier molecular flexibility index (Phi) is 8.41. The van der Waals surface area contributed by atoms with Crippen LogP contribution in [0.15, 0.2) is 97.1 Å². The van der Waals surface area contributed by atoms with Crippen LogP contribution < -0.4 is 9.47 Å². The monoisotopic (exact) mass is 511 g/mol. The first kappa shape index (κ1) is 25.6. The van der Waals surface area contributed by atoms with Crippen molar-refractivity contribution < 1.29 is 24.1 Å². The fraction of sp³-hybridized carbons (Fsp3) is 0.281. The van der Waals surface area contributed by atoms with Crippen LogP contribution in [0.2, 0.25) is 0 Å². The number of likely N-dealkylation sites (tertiary alicyclic amines) is 1. The van der Waals surface area contributed by atoms with Gasteiger partial charge in [0.25, 0.3) is 0 Å². The molecule has 5 rings (SSSR count). The van der Waals surface area contributed by atoms with Crippen molar-refractivity contribution in [1.82, 2.24) is 4.90 Å². The molecule has 1 N–H and O–H groups in total. The molecule has 2 atom stereocenters. The van der Waals surface area contributed by atoms with Crippen molar-refractivity contribution in [2.75, 3.05) is 26.3 Å². The minimum absolute atomic E-state index is 0.111. The first-order valence-electron chi connectivity index (χ1n) is 13.1. The van der Waals surface area contributed by atoms with Crippen molar-refractivity contribution in [3.05, 3.63) is 108 Å². The molecule has 1 amide bonds. The van der Waals surface area contributed by atoms with E-state index in [2.05, 4.69) is 42.5 Å². The number of rotatable bonds is 10. The van der Waals surface area contributed by atoms with Crippen LogP contribution in [0, 0.1) is 0 Å². The number of carboxylic acid groups (broad SMARTS) is 1. The molecule has 0 saturated carbocycles. The Hall–Kier alpha value is -4.03. The number of fused-ring (bicyclic) bond motifs is 1. The molecule has 1 heterocycles. The van der Waals surface area contributed by atoms with E-state index >= 15 is 0 Å². The lowest BCUT2D eigenvalue weighted by Crippen LogP contribution is -2.46. The summed E-state index contributed by atoms with van der Waals surface area (Å²) in [6, 6.07) is 32.4. The molecule has 196 valence electrons. The van der Waals surface area contributed by atoms with E-state index in [-0.39, 0.29) is 12.0 Å². The van der Waals surface area contributed by atoms with Crippen LogP contribution in [-0.4, -0.2) is 48.5 Å². The number of ether oxygens (including phenoxy) is 3. The van der Waals surface area contributed by atoms with E-state index in [1.54, 1.807) is 0 Å². The van der Waals surface area contributed by atoms with Crippen molar-refractivity contribution >= 4 is 16.9 Å². The molecular weight excluding hydrogens is 478 g/mol. The number of carbonyl (C=O) groups is 1. The number of hydrogen-bond acceptors (Lipinski definition) is 4. The van der Waals surface area contributed by atoms with Crippen LogP contribution in [0.1, 0.15) is 29.9 Å². The van der Waals surface area contributed by atoms with Crippen LogP contribution in [0.25, 0.3) is 10.8 Å². The van der Waals surface area contributed by atoms with Gasteiger partial charge in [0.2, 0.25) is 0 Å². The highest BCUT2D eigenvalue weighted by molar-refractivity contribution is 5.82. The zero-order valence-electron chi connectivity index (χ0n) is 21.4. The molecule has 4 aromatic carbocycles. The Morgan fingerprint density at radius 3 is 2.24 bits per heavy atom. The topological polar surface area (TPSA) is 68.2 Å². The fourth-order valence-electron chi connectivity index (χ4n) is 4.94. The Balaban J connectivity index is 1.17. The largest absolute Gasteiger partial charge is 0.493 e. The van der Waals surface area contributed by atoms with Gasteiger partial charge in [0.1, 0.15) is 11.5 Å². The number of para-hydroxylation sites is 1. The number of nitrogens with zero attached hydrogens (tertiary/aromatic N) is 1. The summed E-state index contributed by atoms with van der Waals surface area (Å²) >= 11 is 0. The smallest absolute Gasteiger partial charge is 0.407 e. The summed E-state index contributed by atoms with van der Waals surface area (Å²) in [5.41, 5.74) is 2.22. The highest BCUT2D eigenvalue weighted by Gasteiger charge is 2.33. The maximum Gasteiger partial charge on any atom is 0.407 e. The third kappa shape index (κ3) is 6.64. The zero-order chi connectivity index (χ0) is 26.2. The fourth-order valence-corrected chi connectivity index (χ4v) is 4.94. The lowest BCUT2D eigenvalue weighted by molar-refractivity contribution is -0.0199. The number of piperidine rings is 1. The summed E-state index contributed by atoms with van der Waals surface area (Å²) < 4.78 is 18.0. The van der Waals surface area contributed by atoms with Gasteiger partial charge in [-0.05, 0) is 58.7 Å². The van der Waals surface area contributed by atoms with E-state index in [1.165, 1.54) is 15.7 Å². The average molecular weight is 512 g/mol. The summed E-state index contributed by atoms with van der Waals surface area (Å²) in [6.45, 7) is 2.45. The van der Waals surface area contributed by atoms with E-state index in [9.17, 15) is 9.90 Å². The molecular formula is C32H33NO5. The molecule has 6 heteroatoms. The maximum absolute atomic E-state index is 11.7. The summed E-state index contributed by atoms with van der Waals surface area (Å²) in [5.74, 6) is 1.78. The van der Waals surface area contributed by atoms with Gasteiger partial charge in [-0.3, -0.25) is 0 Å². The van der Waals surface area contributed by atoms with Gasteiger partial charge in [0.15, 0.2) is 0 Å². The zero-order valence-corrected chi connectivity index (χ0v) is 21.4. The van der Waals surface area contributed by atoms with Gasteiger partial charge in [-0.2, -0.15) is 0 Å². The summed E-state index contributed by atoms with van der Waals surface area (Å²) in [7, 11) is 0. The van der Waals surface area contributed by atoms with E-state index in [4.69, 9.17) is 14.2 Å². The molecule has 4 aromatic rings. The van der Waals surface area contributed by atoms with Crippen LogP contribution >= 0.6 is 0 Å². The Morgan fingerprint density at radius 1 is 0.816 bits per heavy atom. The van der Waals surface area contributed by atoms with E-state index in [0.29, 0.717) is 39.3 Å². The molecule has 0 bridgehead atoms. The molecule has 0 aliphatic carbocycles. The first-order chi connectivity index (χ1) is 18.7. The van der Waals surface area contributed by atoms with Crippen LogP contribution in [0.5, 0.6) is 11.5 Å². The lowest BCUT2D eigenvalue weighted by Gasteiger charge is -2.37. The summed E-state index contributed by atoms with van der Waals surface area (Å²) in [6.07, 6.45) is 0.372. The van der Waals surface area contributed by atoms with Crippen LogP contribution in [0.3, 0.4) is 0 Å². The molecule has 1 fully saturated rings. The van der Waals surface area contributed by atoms with Gasteiger partial charge in [0, 0.05) is 18.9 Å². The molecule has 1 saturated heterocycles. The van der Waals surface area contributed by atoms with E-state index in [1.807, 2.05) is 54.6 Å². The minimum Gasteiger partial charge on any atom is -0.493 e. The maximum atomic E-state index is 11.7. The number of hydrogen-bond donors (Lipinski definition) is 1. The molecule has 0 aromatic heterocycles. The predicted octanol–water partition coefficient (Wildman–Crippen LogP) is 6.74. The third-order valence-corrected chi connectivity index (χ3v) is 6.99. The van der Waals surface area contributed by atoms with Gasteiger partial charge >= 0.3 is 6.09 Å². The van der Waals surface area contributed by atoms with E-state index < -0.39 is 6.09 Å². The predicted molar refractivity (Wildman–Crippen MR) is 148 cm³/mol. The van der Waals surface area contributed by atoms with Gasteiger partial charge in [-0.15, -0.1) is 0 Å². The van der Waals surface area contributed by atoms with Crippen LogP contribution in [-0.2, 0) is 11.3 Å². The highest BCUT2D eigenvalue weighted by atomic mass is 16.5. The molecule has 1 aliphatic rings.